The van der Waals surface area contributed by atoms with E-state index in [9.17, 15) is 13.2 Å². The maximum atomic E-state index is 12.6. The number of rotatable bonds is 18. The number of para-hydroxylation sites is 1. The average molecular weight is 578 g/mol. The highest BCUT2D eigenvalue weighted by Crippen LogP contribution is 2.22. The molecule has 220 valence electrons. The Kier molecular flexibility index (Phi) is 13.5. The highest BCUT2D eigenvalue weighted by Gasteiger charge is 2.13. The van der Waals surface area contributed by atoms with Crippen LogP contribution in [0.5, 0.6) is 0 Å². The van der Waals surface area contributed by atoms with Crippen LogP contribution in [0.2, 0.25) is 0 Å². The highest BCUT2D eigenvalue weighted by atomic mass is 32.2. The molecule has 0 radical (unpaired) electrons. The standard InChI is InChI=1S/C32H43N5O3S/c1-37(2)30-22-18-28(19-23-30)35-36-29-20-24-31(25-21-29)41(39,40)33-26-14-9-7-5-3-4-6-8-13-17-32(38)34-27-15-11-10-12-16-27/h10-12,15-16,18-25,33H,3-9,13-14,17,26H2,1-2H3,(H,34,38). The Morgan fingerprint density at radius 3 is 1.76 bits per heavy atom. The molecule has 0 heterocycles. The van der Waals surface area contributed by atoms with E-state index in [1.54, 1.807) is 24.3 Å². The molecule has 9 heteroatoms. The van der Waals surface area contributed by atoms with Crippen LogP contribution in [-0.4, -0.2) is 35.0 Å². The Hall–Kier alpha value is -3.56. The maximum absolute atomic E-state index is 12.6. The molecule has 0 bridgehead atoms. The zero-order chi connectivity index (χ0) is 29.3. The molecular weight excluding hydrogens is 534 g/mol. The topological polar surface area (TPSA) is 103 Å². The van der Waals surface area contributed by atoms with Crippen LogP contribution >= 0.6 is 0 Å². The van der Waals surface area contributed by atoms with Crippen molar-refractivity contribution in [3.63, 3.8) is 0 Å². The quantitative estimate of drug-likeness (QED) is 0.118. The minimum atomic E-state index is -3.55. The summed E-state index contributed by atoms with van der Waals surface area (Å²) in [6.45, 7) is 0.428. The summed E-state index contributed by atoms with van der Waals surface area (Å²) in [6.07, 6.45) is 10.1. The lowest BCUT2D eigenvalue weighted by molar-refractivity contribution is -0.116. The summed E-state index contributed by atoms with van der Waals surface area (Å²) in [5.74, 6) is 0.0770. The van der Waals surface area contributed by atoms with Crippen LogP contribution in [0, 0.1) is 0 Å². The zero-order valence-electron chi connectivity index (χ0n) is 24.3. The van der Waals surface area contributed by atoms with Crippen LogP contribution in [-0.2, 0) is 14.8 Å². The number of nitrogens with zero attached hydrogens (tertiary/aromatic N) is 3. The maximum Gasteiger partial charge on any atom is 0.240 e. The Labute approximate surface area is 245 Å². The zero-order valence-corrected chi connectivity index (χ0v) is 25.1. The number of unbranched alkanes of at least 4 members (excludes halogenated alkanes) is 8. The average Bonchev–Trinajstić information content (AvgIpc) is 2.97. The largest absolute Gasteiger partial charge is 0.378 e. The molecule has 1 amide bonds. The van der Waals surface area contributed by atoms with Gasteiger partial charge in [0, 0.05) is 38.4 Å². The van der Waals surface area contributed by atoms with Gasteiger partial charge in [0.1, 0.15) is 0 Å². The number of nitrogens with one attached hydrogen (secondary N) is 2. The number of amides is 1. The number of carbonyl (C=O) groups excluding carboxylic acids is 1. The minimum Gasteiger partial charge on any atom is -0.378 e. The fraction of sp³-hybridized carbons (Fsp3) is 0.406. The predicted molar refractivity (Wildman–Crippen MR) is 168 cm³/mol. The minimum absolute atomic E-state index is 0.0770. The van der Waals surface area contributed by atoms with E-state index < -0.39 is 10.0 Å². The van der Waals surface area contributed by atoms with E-state index >= 15 is 0 Å². The summed E-state index contributed by atoms with van der Waals surface area (Å²) < 4.78 is 27.9. The van der Waals surface area contributed by atoms with Crippen molar-refractivity contribution >= 4 is 38.7 Å². The van der Waals surface area contributed by atoms with E-state index in [2.05, 4.69) is 20.3 Å². The van der Waals surface area contributed by atoms with Crippen molar-refractivity contribution < 1.29 is 13.2 Å². The third kappa shape index (κ3) is 12.2. The Bertz CT molecular complexity index is 1310. The van der Waals surface area contributed by atoms with E-state index in [1.807, 2.05) is 73.6 Å². The highest BCUT2D eigenvalue weighted by molar-refractivity contribution is 7.89. The predicted octanol–water partition coefficient (Wildman–Crippen LogP) is 7.99. The lowest BCUT2D eigenvalue weighted by Crippen LogP contribution is -2.24. The van der Waals surface area contributed by atoms with Gasteiger partial charge in [-0.2, -0.15) is 10.2 Å². The van der Waals surface area contributed by atoms with Crippen molar-refractivity contribution in [1.29, 1.82) is 0 Å². The Morgan fingerprint density at radius 2 is 1.20 bits per heavy atom. The molecule has 0 saturated heterocycles. The van der Waals surface area contributed by atoms with Gasteiger partial charge in [0.25, 0.3) is 0 Å². The number of azo groups is 1. The number of hydrogen-bond donors (Lipinski definition) is 2. The van der Waals surface area contributed by atoms with Gasteiger partial charge in [-0.1, -0.05) is 63.1 Å². The van der Waals surface area contributed by atoms with Crippen molar-refractivity contribution in [1.82, 2.24) is 4.72 Å². The summed E-state index contributed by atoms with van der Waals surface area (Å²) in [5.41, 5.74) is 3.25. The first kappa shape index (κ1) is 32.0. The van der Waals surface area contributed by atoms with Crippen LogP contribution in [0.3, 0.4) is 0 Å². The summed E-state index contributed by atoms with van der Waals surface area (Å²) in [7, 11) is 0.409. The van der Waals surface area contributed by atoms with Gasteiger partial charge in [-0.3, -0.25) is 4.79 Å². The molecule has 3 rings (SSSR count). The summed E-state index contributed by atoms with van der Waals surface area (Å²) in [5, 5.41) is 11.4. The van der Waals surface area contributed by atoms with Crippen molar-refractivity contribution in [2.45, 2.75) is 69.1 Å². The van der Waals surface area contributed by atoms with Crippen LogP contribution < -0.4 is 14.9 Å². The summed E-state index contributed by atoms with van der Waals surface area (Å²) in [4.78, 5) is 14.2. The van der Waals surface area contributed by atoms with E-state index in [1.165, 1.54) is 12.8 Å². The molecule has 41 heavy (non-hydrogen) atoms. The van der Waals surface area contributed by atoms with Crippen molar-refractivity contribution in [2.75, 3.05) is 30.9 Å². The van der Waals surface area contributed by atoms with Crippen molar-refractivity contribution in [3.8, 4) is 0 Å². The second-order valence-electron chi connectivity index (χ2n) is 10.3. The number of anilines is 2. The van der Waals surface area contributed by atoms with Gasteiger partial charge in [0.05, 0.1) is 16.3 Å². The SMILES string of the molecule is CN(C)c1ccc(N=Nc2ccc(S(=O)(=O)NCCCCCCCCCCCC(=O)Nc3ccccc3)cc2)cc1. The first-order valence-corrected chi connectivity index (χ1v) is 16.0. The lowest BCUT2D eigenvalue weighted by Gasteiger charge is -2.11. The molecule has 0 aliphatic rings. The van der Waals surface area contributed by atoms with E-state index in [0.29, 0.717) is 18.7 Å². The molecule has 2 N–H and O–H groups in total. The molecule has 0 spiro atoms. The van der Waals surface area contributed by atoms with Gasteiger partial charge < -0.3 is 10.2 Å². The summed E-state index contributed by atoms with van der Waals surface area (Å²) >= 11 is 0. The number of sulfonamides is 1. The lowest BCUT2D eigenvalue weighted by atomic mass is 10.1. The van der Waals surface area contributed by atoms with Gasteiger partial charge in [-0.15, -0.1) is 0 Å². The van der Waals surface area contributed by atoms with Crippen LogP contribution in [0.4, 0.5) is 22.7 Å². The van der Waals surface area contributed by atoms with Crippen molar-refractivity contribution in [2.24, 2.45) is 10.2 Å². The third-order valence-corrected chi connectivity index (χ3v) is 8.20. The molecule has 3 aromatic rings. The third-order valence-electron chi connectivity index (χ3n) is 6.72. The molecule has 3 aromatic carbocycles. The molecule has 0 aliphatic heterocycles. The Morgan fingerprint density at radius 1 is 0.683 bits per heavy atom. The van der Waals surface area contributed by atoms with Crippen LogP contribution in [0.1, 0.15) is 64.2 Å². The molecule has 0 unspecified atom stereocenters. The second kappa shape index (κ2) is 17.3. The van der Waals surface area contributed by atoms with Gasteiger partial charge in [-0.05, 0) is 73.5 Å². The van der Waals surface area contributed by atoms with E-state index in [-0.39, 0.29) is 10.8 Å². The fourth-order valence-corrected chi connectivity index (χ4v) is 5.38. The first-order valence-electron chi connectivity index (χ1n) is 14.5. The molecule has 8 nitrogen and oxygen atoms in total. The van der Waals surface area contributed by atoms with Gasteiger partial charge >= 0.3 is 0 Å². The molecule has 0 aliphatic carbocycles. The van der Waals surface area contributed by atoms with Gasteiger partial charge in [-0.25, -0.2) is 13.1 Å². The number of benzene rings is 3. The molecule has 0 atom stereocenters. The Balaban J connectivity index is 1.21. The van der Waals surface area contributed by atoms with Crippen LogP contribution in [0.15, 0.2) is 94.0 Å². The second-order valence-corrected chi connectivity index (χ2v) is 12.1. The van der Waals surface area contributed by atoms with E-state index in [0.717, 1.165) is 62.0 Å². The summed E-state index contributed by atoms with van der Waals surface area (Å²) in [6, 6.07) is 23.7. The van der Waals surface area contributed by atoms with Crippen LogP contribution in [0.25, 0.3) is 0 Å². The van der Waals surface area contributed by atoms with E-state index in [4.69, 9.17) is 0 Å². The number of hydrogen-bond acceptors (Lipinski definition) is 6. The smallest absolute Gasteiger partial charge is 0.240 e. The van der Waals surface area contributed by atoms with Crippen molar-refractivity contribution in [3.05, 3.63) is 78.9 Å². The monoisotopic (exact) mass is 577 g/mol. The molecule has 0 aromatic heterocycles. The van der Waals surface area contributed by atoms with Gasteiger partial charge in [0.15, 0.2) is 0 Å². The molecule has 0 fully saturated rings. The molecule has 0 saturated carbocycles. The molecular formula is C32H43N5O3S. The normalized spacial score (nSPS) is 11.6. The number of carbonyl (C=O) groups is 1. The first-order chi connectivity index (χ1) is 19.8. The van der Waals surface area contributed by atoms with Gasteiger partial charge in [0.2, 0.25) is 15.9 Å². The fourth-order valence-electron chi connectivity index (χ4n) is 4.31.